The van der Waals surface area contributed by atoms with Gasteiger partial charge in [0, 0.05) is 12.7 Å². The molecule has 6 heteroatoms. The summed E-state index contributed by atoms with van der Waals surface area (Å²) in [5.41, 5.74) is 0.934. The monoisotopic (exact) mass is 301 g/mol. The molecule has 1 atom stereocenters. The van der Waals surface area contributed by atoms with Gasteiger partial charge in [0.25, 0.3) is 0 Å². The van der Waals surface area contributed by atoms with Crippen molar-refractivity contribution in [3.63, 3.8) is 0 Å². The first-order valence-electron chi connectivity index (χ1n) is 6.14. The summed E-state index contributed by atoms with van der Waals surface area (Å²) in [4.78, 5) is 0. The first-order chi connectivity index (χ1) is 9.25. The van der Waals surface area contributed by atoms with Gasteiger partial charge in [-0.1, -0.05) is 4.40 Å². The van der Waals surface area contributed by atoms with Crippen LogP contribution < -0.4 is 4.74 Å². The molecule has 0 N–H and O–H groups in total. The van der Waals surface area contributed by atoms with Gasteiger partial charge in [0.15, 0.2) is 6.79 Å². The maximum atomic E-state index is 13.4. The van der Waals surface area contributed by atoms with Crippen LogP contribution >= 0.6 is 0 Å². The predicted octanol–water partition coefficient (Wildman–Crippen LogP) is 3.08. The lowest BCUT2D eigenvalue weighted by molar-refractivity contribution is 0.0509. The molecule has 4 nitrogen and oxygen atoms in total. The van der Waals surface area contributed by atoms with Crippen LogP contribution in [0.3, 0.4) is 0 Å². The van der Waals surface area contributed by atoms with E-state index in [-0.39, 0.29) is 6.79 Å². The Hall–Kier alpha value is -1.11. The van der Waals surface area contributed by atoms with Crippen LogP contribution in [0.2, 0.25) is 0 Å². The fraction of sp³-hybridized carbons (Fsp3) is 0.500. The zero-order valence-electron chi connectivity index (χ0n) is 12.4. The van der Waals surface area contributed by atoms with E-state index in [1.165, 1.54) is 25.3 Å². The minimum atomic E-state index is -1.41. The SMILES string of the molecule is COCOc1ccc(F)cc1/C(C)=N/[S@+]([O-])C(C)(C)C. The Labute approximate surface area is 122 Å². The van der Waals surface area contributed by atoms with Crippen molar-refractivity contribution in [2.45, 2.75) is 32.4 Å². The maximum absolute atomic E-state index is 13.4. The average molecular weight is 301 g/mol. The van der Waals surface area contributed by atoms with E-state index in [0.717, 1.165) is 0 Å². The highest BCUT2D eigenvalue weighted by Gasteiger charge is 2.27. The highest BCUT2D eigenvalue weighted by atomic mass is 32.2. The molecule has 0 amide bonds. The van der Waals surface area contributed by atoms with E-state index in [1.807, 2.05) is 20.8 Å². The van der Waals surface area contributed by atoms with Gasteiger partial charge in [-0.25, -0.2) is 4.39 Å². The topological polar surface area (TPSA) is 53.9 Å². The molecule has 0 bridgehead atoms. The summed E-state index contributed by atoms with van der Waals surface area (Å²) in [6.45, 7) is 7.21. The number of halogens is 1. The highest BCUT2D eigenvalue weighted by molar-refractivity contribution is 7.91. The third-order valence-electron chi connectivity index (χ3n) is 2.41. The van der Waals surface area contributed by atoms with Crippen molar-refractivity contribution in [2.75, 3.05) is 13.9 Å². The summed E-state index contributed by atoms with van der Waals surface area (Å²) in [5, 5.41) is 0. The average Bonchev–Trinajstić information content (AvgIpc) is 2.36. The number of methoxy groups -OCH3 is 1. The first kappa shape index (κ1) is 16.9. The number of ether oxygens (including phenoxy) is 2. The van der Waals surface area contributed by atoms with Crippen LogP contribution in [-0.2, 0) is 16.1 Å². The Morgan fingerprint density at radius 3 is 2.60 bits per heavy atom. The van der Waals surface area contributed by atoms with Gasteiger partial charge in [0.2, 0.25) is 0 Å². The number of benzene rings is 1. The second-order valence-corrected chi connectivity index (χ2v) is 7.14. The van der Waals surface area contributed by atoms with Crippen molar-refractivity contribution < 1.29 is 18.4 Å². The molecule has 0 aromatic heterocycles. The van der Waals surface area contributed by atoms with Gasteiger partial charge >= 0.3 is 0 Å². The van der Waals surface area contributed by atoms with Gasteiger partial charge in [-0.3, -0.25) is 0 Å². The molecule has 0 spiro atoms. The molecule has 0 aliphatic heterocycles. The standard InChI is InChI=1S/C14H20FNO3S/c1-10(16-20(17)14(2,3)4)12-8-11(15)6-7-13(12)19-9-18-5/h6-8H,9H2,1-5H3/b16-10+/t20-/m1/s1. The van der Waals surface area contributed by atoms with E-state index in [1.54, 1.807) is 6.92 Å². The number of hydrogen-bond acceptors (Lipinski definition) is 4. The van der Waals surface area contributed by atoms with Gasteiger partial charge in [0.05, 0.1) is 5.71 Å². The second kappa shape index (κ2) is 7.06. The van der Waals surface area contributed by atoms with Crippen LogP contribution in [0.4, 0.5) is 4.39 Å². The summed E-state index contributed by atoms with van der Waals surface area (Å²) in [6, 6.07) is 4.11. The highest BCUT2D eigenvalue weighted by Crippen LogP contribution is 2.23. The minimum Gasteiger partial charge on any atom is -0.591 e. The largest absolute Gasteiger partial charge is 0.591 e. The van der Waals surface area contributed by atoms with Crippen LogP contribution in [0.5, 0.6) is 5.75 Å². The van der Waals surface area contributed by atoms with E-state index < -0.39 is 21.9 Å². The molecule has 0 heterocycles. The van der Waals surface area contributed by atoms with Crippen molar-refractivity contribution in [1.29, 1.82) is 0 Å². The lowest BCUT2D eigenvalue weighted by Gasteiger charge is -2.19. The van der Waals surface area contributed by atoms with Gasteiger partial charge in [-0.05, 0) is 45.9 Å². The molecule has 0 radical (unpaired) electrons. The fourth-order valence-corrected chi connectivity index (χ4v) is 1.96. The lowest BCUT2D eigenvalue weighted by atomic mass is 10.1. The molecule has 0 unspecified atom stereocenters. The molecule has 0 saturated carbocycles. The molecular weight excluding hydrogens is 281 g/mol. The van der Waals surface area contributed by atoms with Crippen LogP contribution in [0.25, 0.3) is 0 Å². The molecular formula is C14H20FNO3S. The Balaban J connectivity index is 3.10. The quantitative estimate of drug-likeness (QED) is 0.477. The summed E-state index contributed by atoms with van der Waals surface area (Å²) >= 11 is -1.41. The molecule has 0 fully saturated rings. The first-order valence-corrected chi connectivity index (χ1v) is 7.25. The number of rotatable bonds is 5. The smallest absolute Gasteiger partial charge is 0.188 e. The van der Waals surface area contributed by atoms with E-state index in [2.05, 4.69) is 4.40 Å². The van der Waals surface area contributed by atoms with Crippen LogP contribution in [0.1, 0.15) is 33.3 Å². The molecule has 112 valence electrons. The molecule has 1 rings (SSSR count). The van der Waals surface area contributed by atoms with Crippen molar-refractivity contribution in [3.8, 4) is 5.75 Å². The summed E-state index contributed by atoms with van der Waals surface area (Å²) in [7, 11) is 1.50. The van der Waals surface area contributed by atoms with E-state index in [0.29, 0.717) is 17.0 Å². The normalized spacial score (nSPS) is 14.2. The molecule has 20 heavy (non-hydrogen) atoms. The van der Waals surface area contributed by atoms with E-state index >= 15 is 0 Å². The lowest BCUT2D eigenvalue weighted by Crippen LogP contribution is -2.26. The van der Waals surface area contributed by atoms with E-state index in [4.69, 9.17) is 9.47 Å². The molecule has 1 aromatic rings. The Morgan fingerprint density at radius 1 is 1.40 bits per heavy atom. The van der Waals surface area contributed by atoms with Crippen LogP contribution in [0.15, 0.2) is 22.6 Å². The predicted molar refractivity (Wildman–Crippen MR) is 79.0 cm³/mol. The molecule has 0 saturated heterocycles. The van der Waals surface area contributed by atoms with Gasteiger partial charge in [-0.15, -0.1) is 0 Å². The Kier molecular flexibility index (Phi) is 5.98. The van der Waals surface area contributed by atoms with Gasteiger partial charge in [-0.2, -0.15) is 0 Å². The third kappa shape index (κ3) is 4.77. The van der Waals surface area contributed by atoms with Crippen molar-refractivity contribution >= 4 is 17.1 Å². The van der Waals surface area contributed by atoms with Crippen molar-refractivity contribution in [2.24, 2.45) is 4.40 Å². The Morgan fingerprint density at radius 2 is 2.05 bits per heavy atom. The minimum absolute atomic E-state index is 0.0499. The summed E-state index contributed by atoms with van der Waals surface area (Å²) < 4.78 is 39.3. The summed E-state index contributed by atoms with van der Waals surface area (Å²) in [5.74, 6) is 0.0428. The van der Waals surface area contributed by atoms with Crippen molar-refractivity contribution in [3.05, 3.63) is 29.6 Å². The van der Waals surface area contributed by atoms with Gasteiger partial charge < -0.3 is 14.0 Å². The fourth-order valence-electron chi connectivity index (χ4n) is 1.34. The van der Waals surface area contributed by atoms with Crippen LogP contribution in [0, 0.1) is 5.82 Å². The second-order valence-electron chi connectivity index (χ2n) is 5.23. The Bertz CT molecular complexity index is 486. The van der Waals surface area contributed by atoms with Gasteiger partial charge in [0.1, 0.15) is 27.7 Å². The molecule has 0 aliphatic rings. The number of nitrogens with zero attached hydrogens (tertiary/aromatic N) is 1. The van der Waals surface area contributed by atoms with Crippen LogP contribution in [-0.4, -0.2) is 28.9 Å². The molecule has 1 aromatic carbocycles. The zero-order chi connectivity index (χ0) is 15.3. The zero-order valence-corrected chi connectivity index (χ0v) is 13.2. The van der Waals surface area contributed by atoms with E-state index in [9.17, 15) is 8.94 Å². The third-order valence-corrected chi connectivity index (χ3v) is 3.89. The maximum Gasteiger partial charge on any atom is 0.188 e. The summed E-state index contributed by atoms with van der Waals surface area (Å²) in [6.07, 6.45) is 0. The molecule has 0 aliphatic carbocycles. The number of hydrogen-bond donors (Lipinski definition) is 0. The van der Waals surface area contributed by atoms with Crippen molar-refractivity contribution in [1.82, 2.24) is 0 Å².